The van der Waals surface area contributed by atoms with Crippen LogP contribution in [-0.4, -0.2) is 19.1 Å². The zero-order chi connectivity index (χ0) is 14.7. The van der Waals surface area contributed by atoms with Gasteiger partial charge in [0.05, 0.1) is 6.04 Å². The van der Waals surface area contributed by atoms with Crippen molar-refractivity contribution in [2.75, 3.05) is 18.0 Å². The van der Waals surface area contributed by atoms with Gasteiger partial charge in [-0.05, 0) is 23.6 Å². The first-order valence-corrected chi connectivity index (χ1v) is 7.85. The van der Waals surface area contributed by atoms with Gasteiger partial charge in [-0.2, -0.15) is 0 Å². The van der Waals surface area contributed by atoms with E-state index in [1.165, 1.54) is 11.3 Å². The molecule has 0 aliphatic carbocycles. The highest BCUT2D eigenvalue weighted by Crippen LogP contribution is 2.30. The van der Waals surface area contributed by atoms with Gasteiger partial charge in [-0.1, -0.05) is 62.4 Å². The molecule has 2 unspecified atom stereocenters. The van der Waals surface area contributed by atoms with Crippen molar-refractivity contribution >= 4 is 5.69 Å². The van der Waals surface area contributed by atoms with Gasteiger partial charge in [-0.25, -0.2) is 0 Å². The summed E-state index contributed by atoms with van der Waals surface area (Å²) in [5.74, 6) is 0.646. The molecule has 1 fully saturated rings. The van der Waals surface area contributed by atoms with E-state index in [0.29, 0.717) is 18.0 Å². The van der Waals surface area contributed by atoms with E-state index in [4.69, 9.17) is 0 Å². The average Bonchev–Trinajstić information content (AvgIpc) is 2.56. The molecule has 0 amide bonds. The molecule has 2 heteroatoms. The third kappa shape index (κ3) is 3.11. The number of nitrogens with zero attached hydrogens (tertiary/aromatic N) is 1. The summed E-state index contributed by atoms with van der Waals surface area (Å²) in [6, 6.07) is 22.6. The van der Waals surface area contributed by atoms with Gasteiger partial charge in [0.2, 0.25) is 0 Å². The molecule has 2 aromatic carbocycles. The first kappa shape index (κ1) is 14.2. The summed E-state index contributed by atoms with van der Waals surface area (Å²) < 4.78 is 0. The Morgan fingerprint density at radius 2 is 1.57 bits per heavy atom. The minimum atomic E-state index is 0.406. The van der Waals surface area contributed by atoms with E-state index in [2.05, 4.69) is 84.7 Å². The van der Waals surface area contributed by atoms with Crippen LogP contribution in [0.5, 0.6) is 0 Å². The van der Waals surface area contributed by atoms with E-state index >= 15 is 0 Å². The van der Waals surface area contributed by atoms with E-state index in [9.17, 15) is 0 Å². The number of rotatable bonds is 3. The molecule has 0 spiro atoms. The van der Waals surface area contributed by atoms with Gasteiger partial charge in [0.15, 0.2) is 0 Å². The number of piperazine rings is 1. The summed E-state index contributed by atoms with van der Waals surface area (Å²) in [6.45, 7) is 6.65. The summed E-state index contributed by atoms with van der Waals surface area (Å²) in [5.41, 5.74) is 2.70. The van der Waals surface area contributed by atoms with Crippen LogP contribution in [0.2, 0.25) is 0 Å². The van der Waals surface area contributed by atoms with Crippen LogP contribution in [0.15, 0.2) is 60.7 Å². The van der Waals surface area contributed by atoms with Crippen LogP contribution in [0.25, 0.3) is 0 Å². The van der Waals surface area contributed by atoms with Gasteiger partial charge in [-0.15, -0.1) is 0 Å². The van der Waals surface area contributed by atoms with Crippen LogP contribution in [-0.2, 0) is 0 Å². The van der Waals surface area contributed by atoms with Crippen LogP contribution in [0.4, 0.5) is 5.69 Å². The Bertz CT molecular complexity index is 550. The van der Waals surface area contributed by atoms with E-state index < -0.39 is 0 Å². The standard InChI is InChI=1S/C19H24N2/c1-15(2)18-14-21(17-11-7-4-8-12-17)19(13-20-18)16-9-5-3-6-10-16/h3-12,15,18-20H,13-14H2,1-2H3. The predicted molar refractivity (Wildman–Crippen MR) is 89.6 cm³/mol. The molecular weight excluding hydrogens is 256 g/mol. The normalized spacial score (nSPS) is 22.5. The zero-order valence-electron chi connectivity index (χ0n) is 12.9. The molecule has 0 radical (unpaired) electrons. The zero-order valence-corrected chi connectivity index (χ0v) is 12.9. The van der Waals surface area contributed by atoms with Gasteiger partial charge in [0.25, 0.3) is 0 Å². The van der Waals surface area contributed by atoms with Gasteiger partial charge >= 0.3 is 0 Å². The average molecular weight is 280 g/mol. The maximum Gasteiger partial charge on any atom is 0.0667 e. The van der Waals surface area contributed by atoms with Crippen molar-refractivity contribution in [3.63, 3.8) is 0 Å². The smallest absolute Gasteiger partial charge is 0.0667 e. The predicted octanol–water partition coefficient (Wildman–Crippen LogP) is 3.86. The van der Waals surface area contributed by atoms with Crippen molar-refractivity contribution in [1.82, 2.24) is 5.32 Å². The maximum atomic E-state index is 3.73. The number of hydrogen-bond acceptors (Lipinski definition) is 2. The summed E-state index contributed by atoms with van der Waals surface area (Å²) in [6.07, 6.45) is 0. The minimum absolute atomic E-state index is 0.406. The summed E-state index contributed by atoms with van der Waals surface area (Å²) in [4.78, 5) is 2.55. The van der Waals surface area contributed by atoms with Gasteiger partial charge < -0.3 is 10.2 Å². The van der Waals surface area contributed by atoms with Crippen LogP contribution in [0.3, 0.4) is 0 Å². The lowest BCUT2D eigenvalue weighted by Gasteiger charge is -2.43. The van der Waals surface area contributed by atoms with Crippen molar-refractivity contribution in [3.8, 4) is 0 Å². The van der Waals surface area contributed by atoms with Crippen LogP contribution in [0, 0.1) is 5.92 Å². The van der Waals surface area contributed by atoms with E-state index in [1.807, 2.05) is 0 Å². The molecule has 0 saturated carbocycles. The van der Waals surface area contributed by atoms with Crippen LogP contribution >= 0.6 is 0 Å². The molecule has 0 bridgehead atoms. The lowest BCUT2D eigenvalue weighted by atomic mass is 9.95. The fourth-order valence-electron chi connectivity index (χ4n) is 3.10. The topological polar surface area (TPSA) is 15.3 Å². The summed E-state index contributed by atoms with van der Waals surface area (Å²) in [5, 5.41) is 3.73. The summed E-state index contributed by atoms with van der Waals surface area (Å²) >= 11 is 0. The number of nitrogens with one attached hydrogen (secondary N) is 1. The van der Waals surface area contributed by atoms with E-state index in [-0.39, 0.29) is 0 Å². The molecule has 2 aromatic rings. The van der Waals surface area contributed by atoms with Crippen molar-refractivity contribution < 1.29 is 0 Å². The molecule has 1 N–H and O–H groups in total. The molecule has 2 nitrogen and oxygen atoms in total. The fraction of sp³-hybridized carbons (Fsp3) is 0.368. The van der Waals surface area contributed by atoms with Crippen molar-refractivity contribution in [3.05, 3.63) is 66.2 Å². The van der Waals surface area contributed by atoms with Gasteiger partial charge in [-0.3, -0.25) is 0 Å². The van der Waals surface area contributed by atoms with E-state index in [0.717, 1.165) is 13.1 Å². The van der Waals surface area contributed by atoms with Gasteiger partial charge in [0, 0.05) is 24.8 Å². The second-order valence-corrected chi connectivity index (χ2v) is 6.17. The second-order valence-electron chi connectivity index (χ2n) is 6.17. The Morgan fingerprint density at radius 3 is 2.19 bits per heavy atom. The first-order valence-electron chi connectivity index (χ1n) is 7.85. The molecule has 1 heterocycles. The second kappa shape index (κ2) is 6.31. The minimum Gasteiger partial charge on any atom is -0.362 e. The van der Waals surface area contributed by atoms with Crippen LogP contribution in [0.1, 0.15) is 25.5 Å². The van der Waals surface area contributed by atoms with E-state index in [1.54, 1.807) is 0 Å². The number of anilines is 1. The molecule has 1 aliphatic rings. The number of benzene rings is 2. The lowest BCUT2D eigenvalue weighted by Crippen LogP contribution is -2.54. The Morgan fingerprint density at radius 1 is 0.952 bits per heavy atom. The third-order valence-electron chi connectivity index (χ3n) is 4.42. The van der Waals surface area contributed by atoms with Crippen LogP contribution < -0.4 is 10.2 Å². The SMILES string of the molecule is CC(C)C1CN(c2ccccc2)C(c2ccccc2)CN1. The Hall–Kier alpha value is -1.80. The molecule has 0 aromatic heterocycles. The molecule has 1 aliphatic heterocycles. The third-order valence-corrected chi connectivity index (χ3v) is 4.42. The molecule has 2 atom stereocenters. The lowest BCUT2D eigenvalue weighted by molar-refractivity contribution is 0.331. The quantitative estimate of drug-likeness (QED) is 0.918. The summed E-state index contributed by atoms with van der Waals surface area (Å²) in [7, 11) is 0. The molecule has 1 saturated heterocycles. The monoisotopic (exact) mass is 280 g/mol. The first-order chi connectivity index (χ1) is 10.3. The van der Waals surface area contributed by atoms with Crippen molar-refractivity contribution in [1.29, 1.82) is 0 Å². The fourth-order valence-corrected chi connectivity index (χ4v) is 3.10. The van der Waals surface area contributed by atoms with Crippen molar-refractivity contribution in [2.45, 2.75) is 25.9 Å². The Kier molecular flexibility index (Phi) is 4.26. The maximum absolute atomic E-state index is 3.73. The Labute approximate surface area is 127 Å². The number of para-hydroxylation sites is 1. The molecular formula is C19H24N2. The Balaban J connectivity index is 1.91. The molecule has 21 heavy (non-hydrogen) atoms. The van der Waals surface area contributed by atoms with Crippen molar-refractivity contribution in [2.24, 2.45) is 5.92 Å². The highest BCUT2D eigenvalue weighted by Gasteiger charge is 2.30. The highest BCUT2D eigenvalue weighted by molar-refractivity contribution is 5.50. The largest absolute Gasteiger partial charge is 0.362 e. The molecule has 3 rings (SSSR count). The van der Waals surface area contributed by atoms with Gasteiger partial charge in [0.1, 0.15) is 0 Å². The number of hydrogen-bond donors (Lipinski definition) is 1. The highest BCUT2D eigenvalue weighted by atomic mass is 15.2. The molecule has 110 valence electrons.